The van der Waals surface area contributed by atoms with Crippen LogP contribution in [0.3, 0.4) is 0 Å². The molecule has 5 heteroatoms. The number of hydrogen-bond donors (Lipinski definition) is 2. The highest BCUT2D eigenvalue weighted by Crippen LogP contribution is 2.03. The van der Waals surface area contributed by atoms with E-state index in [1.54, 1.807) is 26.3 Å². The van der Waals surface area contributed by atoms with E-state index in [1.807, 2.05) is 6.07 Å². The summed E-state index contributed by atoms with van der Waals surface area (Å²) in [5.74, 6) is 0.552. The molecule has 0 unspecified atom stereocenters. The molecule has 0 radical (unpaired) electrons. The van der Waals surface area contributed by atoms with Crippen molar-refractivity contribution in [3.63, 3.8) is 0 Å². The molecule has 0 fully saturated rings. The SMILES string of the molecule is CNc1cccc(C(=O)NCCCCOC)n1. The number of methoxy groups -OCH3 is 1. The van der Waals surface area contributed by atoms with Gasteiger partial charge >= 0.3 is 0 Å². The minimum Gasteiger partial charge on any atom is -0.385 e. The average molecular weight is 237 g/mol. The van der Waals surface area contributed by atoms with Gasteiger partial charge in [-0.1, -0.05) is 6.07 Å². The minimum atomic E-state index is -0.139. The summed E-state index contributed by atoms with van der Waals surface area (Å²) in [6, 6.07) is 5.32. The number of amides is 1. The standard InChI is InChI=1S/C12H19N3O2/c1-13-11-7-5-6-10(15-11)12(16)14-8-3-4-9-17-2/h5-7H,3-4,8-9H2,1-2H3,(H,13,15)(H,14,16). The number of rotatable bonds is 7. The number of hydrogen-bond acceptors (Lipinski definition) is 4. The van der Waals surface area contributed by atoms with Gasteiger partial charge in [-0.2, -0.15) is 0 Å². The van der Waals surface area contributed by atoms with Gasteiger partial charge in [0.05, 0.1) is 0 Å². The molecule has 0 atom stereocenters. The lowest BCUT2D eigenvalue weighted by Gasteiger charge is -2.05. The zero-order valence-electron chi connectivity index (χ0n) is 10.3. The maximum atomic E-state index is 11.7. The van der Waals surface area contributed by atoms with Crippen LogP contribution in [0.25, 0.3) is 0 Å². The van der Waals surface area contributed by atoms with Gasteiger partial charge in [0, 0.05) is 27.3 Å². The van der Waals surface area contributed by atoms with Crippen molar-refractivity contribution >= 4 is 11.7 Å². The lowest BCUT2D eigenvalue weighted by Crippen LogP contribution is -2.25. The van der Waals surface area contributed by atoms with E-state index >= 15 is 0 Å². The molecule has 5 nitrogen and oxygen atoms in total. The van der Waals surface area contributed by atoms with Crippen LogP contribution in [-0.2, 0) is 4.74 Å². The van der Waals surface area contributed by atoms with E-state index in [4.69, 9.17) is 4.74 Å². The molecule has 0 aliphatic rings. The molecule has 0 aliphatic carbocycles. The van der Waals surface area contributed by atoms with E-state index < -0.39 is 0 Å². The number of nitrogens with one attached hydrogen (secondary N) is 2. The molecule has 0 aliphatic heterocycles. The van der Waals surface area contributed by atoms with E-state index in [0.29, 0.717) is 18.1 Å². The van der Waals surface area contributed by atoms with E-state index in [2.05, 4.69) is 15.6 Å². The summed E-state index contributed by atoms with van der Waals surface area (Å²) >= 11 is 0. The van der Waals surface area contributed by atoms with Crippen molar-refractivity contribution < 1.29 is 9.53 Å². The van der Waals surface area contributed by atoms with Crippen molar-refractivity contribution in [3.8, 4) is 0 Å². The second-order valence-electron chi connectivity index (χ2n) is 3.61. The Morgan fingerprint density at radius 2 is 2.24 bits per heavy atom. The van der Waals surface area contributed by atoms with Crippen LogP contribution in [-0.4, -0.2) is 38.2 Å². The van der Waals surface area contributed by atoms with E-state index in [-0.39, 0.29) is 5.91 Å². The fourth-order valence-corrected chi connectivity index (χ4v) is 1.36. The maximum absolute atomic E-state index is 11.7. The number of ether oxygens (including phenoxy) is 1. The number of pyridine rings is 1. The molecule has 0 saturated carbocycles. The third-order valence-corrected chi connectivity index (χ3v) is 2.30. The van der Waals surface area contributed by atoms with E-state index in [9.17, 15) is 4.79 Å². The van der Waals surface area contributed by atoms with Gasteiger partial charge in [0.1, 0.15) is 11.5 Å². The Bertz CT molecular complexity index is 355. The highest BCUT2D eigenvalue weighted by atomic mass is 16.5. The van der Waals surface area contributed by atoms with Gasteiger partial charge in [0.25, 0.3) is 5.91 Å². The molecule has 17 heavy (non-hydrogen) atoms. The molecular weight excluding hydrogens is 218 g/mol. The molecule has 1 amide bonds. The van der Waals surface area contributed by atoms with Gasteiger partial charge in [0.15, 0.2) is 0 Å². The summed E-state index contributed by atoms with van der Waals surface area (Å²) in [7, 11) is 3.44. The van der Waals surface area contributed by atoms with Crippen LogP contribution < -0.4 is 10.6 Å². The first-order chi connectivity index (χ1) is 8.27. The molecule has 0 saturated heterocycles. The molecule has 1 heterocycles. The highest BCUT2D eigenvalue weighted by Gasteiger charge is 2.06. The molecule has 1 aromatic heterocycles. The quantitative estimate of drug-likeness (QED) is 0.701. The van der Waals surface area contributed by atoms with Crippen molar-refractivity contribution in [2.24, 2.45) is 0 Å². The lowest BCUT2D eigenvalue weighted by molar-refractivity contribution is 0.0946. The van der Waals surface area contributed by atoms with E-state index in [0.717, 1.165) is 19.4 Å². The summed E-state index contributed by atoms with van der Waals surface area (Å²) < 4.78 is 4.93. The molecule has 0 spiro atoms. The van der Waals surface area contributed by atoms with Crippen molar-refractivity contribution in [2.45, 2.75) is 12.8 Å². The number of carbonyl (C=O) groups is 1. The molecule has 0 bridgehead atoms. The summed E-state index contributed by atoms with van der Waals surface area (Å²) in [4.78, 5) is 15.9. The first-order valence-electron chi connectivity index (χ1n) is 5.70. The molecule has 94 valence electrons. The second kappa shape index (κ2) is 7.62. The zero-order valence-corrected chi connectivity index (χ0v) is 10.3. The van der Waals surface area contributed by atoms with Crippen LogP contribution >= 0.6 is 0 Å². The predicted octanol–water partition coefficient (Wildman–Crippen LogP) is 1.28. The van der Waals surface area contributed by atoms with Gasteiger partial charge in [-0.05, 0) is 25.0 Å². The highest BCUT2D eigenvalue weighted by molar-refractivity contribution is 5.92. The van der Waals surface area contributed by atoms with Crippen LogP contribution in [0.2, 0.25) is 0 Å². The number of carbonyl (C=O) groups excluding carboxylic acids is 1. The summed E-state index contributed by atoms with van der Waals surface area (Å²) in [5, 5.41) is 5.72. The summed E-state index contributed by atoms with van der Waals surface area (Å²) in [6.45, 7) is 1.37. The Labute approximate surface area is 102 Å². The number of anilines is 1. The number of unbranched alkanes of at least 4 members (excludes halogenated alkanes) is 1. The fourth-order valence-electron chi connectivity index (χ4n) is 1.36. The van der Waals surface area contributed by atoms with Gasteiger partial charge in [-0.25, -0.2) is 4.98 Å². The largest absolute Gasteiger partial charge is 0.385 e. The Balaban J connectivity index is 2.36. The van der Waals surface area contributed by atoms with Crippen molar-refractivity contribution in [1.29, 1.82) is 0 Å². The average Bonchev–Trinajstić information content (AvgIpc) is 2.38. The van der Waals surface area contributed by atoms with Gasteiger partial charge in [-0.15, -0.1) is 0 Å². The number of aromatic nitrogens is 1. The lowest BCUT2D eigenvalue weighted by atomic mass is 10.3. The number of nitrogens with zero attached hydrogens (tertiary/aromatic N) is 1. The third-order valence-electron chi connectivity index (χ3n) is 2.30. The Morgan fingerprint density at radius 3 is 2.94 bits per heavy atom. The van der Waals surface area contributed by atoms with Crippen LogP contribution in [0.1, 0.15) is 23.3 Å². The fraction of sp³-hybridized carbons (Fsp3) is 0.500. The second-order valence-corrected chi connectivity index (χ2v) is 3.61. The van der Waals surface area contributed by atoms with Crippen molar-refractivity contribution in [1.82, 2.24) is 10.3 Å². The maximum Gasteiger partial charge on any atom is 0.269 e. The van der Waals surface area contributed by atoms with Crippen LogP contribution in [0, 0.1) is 0 Å². The molecule has 0 aromatic carbocycles. The third kappa shape index (κ3) is 4.82. The monoisotopic (exact) mass is 237 g/mol. The first-order valence-corrected chi connectivity index (χ1v) is 5.70. The Kier molecular flexibility index (Phi) is 6.03. The topological polar surface area (TPSA) is 63.2 Å². The summed E-state index contributed by atoms with van der Waals surface area (Å²) in [6.07, 6.45) is 1.85. The van der Waals surface area contributed by atoms with Crippen molar-refractivity contribution in [3.05, 3.63) is 23.9 Å². The molecular formula is C12H19N3O2. The molecule has 1 aromatic rings. The first kappa shape index (κ1) is 13.4. The van der Waals surface area contributed by atoms with Crippen molar-refractivity contribution in [2.75, 3.05) is 32.6 Å². The van der Waals surface area contributed by atoms with Crippen LogP contribution in [0.15, 0.2) is 18.2 Å². The zero-order chi connectivity index (χ0) is 12.5. The van der Waals surface area contributed by atoms with Gasteiger partial charge < -0.3 is 15.4 Å². The van der Waals surface area contributed by atoms with Gasteiger partial charge in [0.2, 0.25) is 0 Å². The minimum absolute atomic E-state index is 0.139. The van der Waals surface area contributed by atoms with Gasteiger partial charge in [-0.3, -0.25) is 4.79 Å². The predicted molar refractivity (Wildman–Crippen MR) is 67.2 cm³/mol. The Morgan fingerprint density at radius 1 is 1.41 bits per heavy atom. The van der Waals surface area contributed by atoms with E-state index in [1.165, 1.54) is 0 Å². The summed E-state index contributed by atoms with van der Waals surface area (Å²) in [5.41, 5.74) is 0.434. The molecule has 2 N–H and O–H groups in total. The van der Waals surface area contributed by atoms with Crippen LogP contribution in [0.5, 0.6) is 0 Å². The Hall–Kier alpha value is -1.62. The molecule has 1 rings (SSSR count). The van der Waals surface area contributed by atoms with Crippen LogP contribution in [0.4, 0.5) is 5.82 Å². The normalized spacial score (nSPS) is 10.0. The smallest absolute Gasteiger partial charge is 0.269 e.